The van der Waals surface area contributed by atoms with Crippen molar-refractivity contribution in [3.8, 4) is 73.3 Å². The van der Waals surface area contributed by atoms with Crippen molar-refractivity contribution >= 4 is 44.6 Å². The molecule has 10 aromatic carbocycles. The highest BCUT2D eigenvalue weighted by atomic mass is 16.5. The van der Waals surface area contributed by atoms with Crippen LogP contribution >= 0.6 is 0 Å². The van der Waals surface area contributed by atoms with Crippen molar-refractivity contribution in [2.45, 2.75) is 78.6 Å². The van der Waals surface area contributed by atoms with Crippen LogP contribution in [0.3, 0.4) is 0 Å². The summed E-state index contributed by atoms with van der Waals surface area (Å²) < 4.78 is 149. The molecule has 0 unspecified atom stereocenters. The molecule has 0 bridgehead atoms. The number of hydrogen-bond donors (Lipinski definition) is 0. The zero-order chi connectivity index (χ0) is 71.0. The number of ether oxygens (including phenoxy) is 2. The first-order valence-corrected chi connectivity index (χ1v) is 28.0. The highest BCUT2D eigenvalue weighted by Crippen LogP contribution is 2.51. The van der Waals surface area contributed by atoms with Gasteiger partial charge in [0.25, 0.3) is 0 Å². The van der Waals surface area contributed by atoms with Gasteiger partial charge < -0.3 is 19.3 Å². The first-order valence-electron chi connectivity index (χ1n) is 35.5. The molecule has 6 nitrogen and oxygen atoms in total. The number of para-hydroxylation sites is 4. The van der Waals surface area contributed by atoms with Crippen molar-refractivity contribution in [1.29, 1.82) is 0 Å². The van der Waals surface area contributed by atoms with Gasteiger partial charge in [-0.3, -0.25) is 4.57 Å². The van der Waals surface area contributed by atoms with Crippen LogP contribution in [0.4, 0.5) is 22.7 Å². The summed E-state index contributed by atoms with van der Waals surface area (Å²) in [4.78, 5) is 8.89. The van der Waals surface area contributed by atoms with Crippen LogP contribution < -0.4 is 19.3 Å². The fourth-order valence-electron chi connectivity index (χ4n) is 11.1. The Morgan fingerprint density at radius 3 is 1.55 bits per heavy atom. The smallest absolute Gasteiger partial charge is 0.143 e. The van der Waals surface area contributed by atoms with Gasteiger partial charge in [0.1, 0.15) is 35.5 Å². The van der Waals surface area contributed by atoms with Crippen LogP contribution in [0.1, 0.15) is 99.6 Å². The van der Waals surface area contributed by atoms with E-state index in [9.17, 15) is 2.74 Å². The van der Waals surface area contributed by atoms with Gasteiger partial charge >= 0.3 is 0 Å². The van der Waals surface area contributed by atoms with Crippen molar-refractivity contribution < 1.29 is 30.0 Å². The molecule has 0 N–H and O–H groups in total. The van der Waals surface area contributed by atoms with Crippen molar-refractivity contribution in [2.24, 2.45) is 0 Å². The molecule has 3 heterocycles. The molecule has 0 aliphatic carbocycles. The van der Waals surface area contributed by atoms with Crippen molar-refractivity contribution in [1.82, 2.24) is 9.55 Å². The lowest BCUT2D eigenvalue weighted by Gasteiger charge is -2.27. The number of aromatic nitrogens is 2. The minimum atomic E-state index is -0.580. The van der Waals surface area contributed by atoms with Gasteiger partial charge in [0.15, 0.2) is 0 Å². The summed E-state index contributed by atoms with van der Waals surface area (Å²) in [5.41, 5.74) is 8.30. The van der Waals surface area contributed by atoms with Crippen LogP contribution in [0.15, 0.2) is 248 Å². The van der Waals surface area contributed by atoms with Gasteiger partial charge in [-0.2, -0.15) is 0 Å². The minimum Gasteiger partial charge on any atom is -0.457 e. The third-order valence-electron chi connectivity index (χ3n) is 15.5. The number of benzene rings is 10. The second-order valence-corrected chi connectivity index (χ2v) is 24.2. The maximum Gasteiger partial charge on any atom is 0.143 e. The number of pyridine rings is 1. The molecule has 12 aromatic rings. The lowest BCUT2D eigenvalue weighted by atomic mass is 9.78. The molecular formula is C78H70N4O2. The topological polar surface area (TPSA) is 42.8 Å². The van der Waals surface area contributed by atoms with Gasteiger partial charge in [-0.25, -0.2) is 4.98 Å². The Balaban J connectivity index is 0.923. The van der Waals surface area contributed by atoms with Gasteiger partial charge in [-0.15, -0.1) is 0 Å². The van der Waals surface area contributed by atoms with E-state index in [4.69, 9.17) is 32.3 Å². The standard InChI is InChI=1S/C78H70N4O2/c1-76(2,3)56-38-41-69-68(47-56)67-40-39-61(83-60-31-21-30-59(48-60)80-51-81(71-37-20-19-36-70(71)80)74-63(52-24-13-10-14-25-52)32-22-33-64(74)53-26-15-11-16-27-53)49-72(67)82(69)73-50-62(42-43-79-73)84-75-65(54-28-17-12-18-29-54)34-23-35-66(75)55-44-57(77(4,5)6)46-58(45-55)78(7,8)9/h10-50H,51H2,1-9H3/i10D,11D,12D,13D,14D,15D,16D,17D,18D,24D,25D,26D,27D,28D,29D. The van der Waals surface area contributed by atoms with E-state index in [1.807, 2.05) is 94.7 Å². The van der Waals surface area contributed by atoms with Gasteiger partial charge in [0.2, 0.25) is 0 Å². The van der Waals surface area contributed by atoms with E-state index in [0.717, 1.165) is 44.1 Å². The maximum atomic E-state index is 9.21. The van der Waals surface area contributed by atoms with Crippen LogP contribution in [0, 0.1) is 0 Å². The molecule has 0 fully saturated rings. The molecule has 0 amide bonds. The lowest BCUT2D eigenvalue weighted by Crippen LogP contribution is -2.24. The molecule has 6 heteroatoms. The average molecular weight is 1110 g/mol. The molecule has 0 radical (unpaired) electrons. The highest BCUT2D eigenvalue weighted by molar-refractivity contribution is 6.10. The summed E-state index contributed by atoms with van der Waals surface area (Å²) in [5.74, 6) is 2.08. The Hall–Kier alpha value is -9.65. The minimum absolute atomic E-state index is 0.00210. The molecule has 2 aromatic heterocycles. The van der Waals surface area contributed by atoms with E-state index in [1.54, 1.807) is 36.5 Å². The van der Waals surface area contributed by atoms with Crippen LogP contribution in [0.2, 0.25) is 0 Å². The maximum absolute atomic E-state index is 9.21. The predicted octanol–water partition coefficient (Wildman–Crippen LogP) is 21.6. The summed E-state index contributed by atoms with van der Waals surface area (Å²) in [6, 6.07) is 40.2. The van der Waals surface area contributed by atoms with Crippen molar-refractivity contribution in [2.75, 3.05) is 16.5 Å². The zero-order valence-corrected chi connectivity index (χ0v) is 48.3. The third kappa shape index (κ3) is 10.3. The van der Waals surface area contributed by atoms with Crippen molar-refractivity contribution in [3.63, 3.8) is 0 Å². The number of rotatable bonds is 11. The Morgan fingerprint density at radius 1 is 0.405 bits per heavy atom. The molecule has 1 aliphatic rings. The average Bonchev–Trinajstić information content (AvgIpc) is 0.882. The van der Waals surface area contributed by atoms with Gasteiger partial charge in [0, 0.05) is 63.1 Å². The first-order chi connectivity index (χ1) is 46.7. The quantitative estimate of drug-likeness (QED) is 0.129. The third-order valence-corrected chi connectivity index (χ3v) is 15.5. The molecule has 1 aliphatic heterocycles. The molecule has 13 rings (SSSR count). The first kappa shape index (κ1) is 38.9. The van der Waals surface area contributed by atoms with E-state index in [2.05, 4.69) is 103 Å². The van der Waals surface area contributed by atoms with Crippen LogP contribution in [0.25, 0.3) is 72.1 Å². The largest absolute Gasteiger partial charge is 0.457 e. The van der Waals surface area contributed by atoms with E-state index >= 15 is 0 Å². The van der Waals surface area contributed by atoms with Crippen LogP contribution in [-0.4, -0.2) is 16.2 Å². The summed E-state index contributed by atoms with van der Waals surface area (Å²) in [6.07, 6.45) is 1.66. The second kappa shape index (κ2) is 21.3. The number of nitrogens with zero attached hydrogens (tertiary/aromatic N) is 4. The Kier molecular flexibility index (Phi) is 9.86. The van der Waals surface area contributed by atoms with Gasteiger partial charge in [-0.05, 0) is 110 Å². The lowest BCUT2D eigenvalue weighted by molar-refractivity contribution is 0.483. The van der Waals surface area contributed by atoms with Crippen LogP contribution in [-0.2, 0) is 16.2 Å². The number of hydrogen-bond acceptors (Lipinski definition) is 5. The van der Waals surface area contributed by atoms with E-state index in [0.29, 0.717) is 51.3 Å². The summed E-state index contributed by atoms with van der Waals surface area (Å²) in [7, 11) is 0. The second-order valence-electron chi connectivity index (χ2n) is 24.2. The number of fused-ring (bicyclic) bond motifs is 4. The van der Waals surface area contributed by atoms with Gasteiger partial charge in [0.05, 0.1) is 48.7 Å². The monoisotopic (exact) mass is 1110 g/mol. The van der Waals surface area contributed by atoms with E-state index < -0.39 is 78.6 Å². The van der Waals surface area contributed by atoms with E-state index in [1.165, 1.54) is 0 Å². The molecule has 0 saturated carbocycles. The fourth-order valence-corrected chi connectivity index (χ4v) is 11.1. The highest BCUT2D eigenvalue weighted by Gasteiger charge is 2.32. The Bertz CT molecular complexity index is 5150. The van der Waals surface area contributed by atoms with Crippen molar-refractivity contribution in [3.05, 3.63) is 265 Å². The molecule has 414 valence electrons. The van der Waals surface area contributed by atoms with Gasteiger partial charge in [-0.1, -0.05) is 232 Å². The van der Waals surface area contributed by atoms with E-state index in [-0.39, 0.29) is 74.3 Å². The molecule has 0 spiro atoms. The molecule has 84 heavy (non-hydrogen) atoms. The number of anilines is 4. The predicted molar refractivity (Wildman–Crippen MR) is 351 cm³/mol. The fraction of sp³-hybridized carbons (Fsp3) is 0.167. The molecular weight excluding hydrogens is 1020 g/mol. The summed E-state index contributed by atoms with van der Waals surface area (Å²) in [5, 5.41) is 1.87. The summed E-state index contributed by atoms with van der Waals surface area (Å²) >= 11 is 0. The SMILES string of the molecule is [2H]c1c([2H])c([2H])c(-c2cccc(-c3cc(C(C)(C)C)cc(C(C)(C)C)c3)c2Oc2ccnc(-n3c4ccc(C(C)(C)C)cc4c4ccc(Oc5cccc(N6CN(c7c(-c8c([2H])c([2H])c([2H])c([2H])c8[2H])cccc7-c7c([2H])c([2H])c([2H])c([2H])c7[2H])c7ccccc76)c5)cc43)c2)c([2H])c1[2H]. The normalized spacial score (nSPS) is 15.2. The molecule has 0 saturated heterocycles. The Morgan fingerprint density at radius 2 is 0.940 bits per heavy atom. The summed E-state index contributed by atoms with van der Waals surface area (Å²) in [6.45, 7) is 19.5. The zero-order valence-electron chi connectivity index (χ0n) is 63.3. The molecule has 0 atom stereocenters. The van der Waals surface area contributed by atoms with Crippen LogP contribution in [0.5, 0.6) is 23.0 Å². The Labute approximate surface area is 516 Å².